The summed E-state index contributed by atoms with van der Waals surface area (Å²) in [5.41, 5.74) is 0.885. The lowest BCUT2D eigenvalue weighted by molar-refractivity contribution is 0.389. The van der Waals surface area contributed by atoms with Gasteiger partial charge in [-0.1, -0.05) is 39.8 Å². The van der Waals surface area contributed by atoms with Crippen molar-refractivity contribution < 1.29 is 8.42 Å². The molecule has 1 aromatic carbocycles. The standard InChI is InChI=1S/C14H24N2O2S/c1-5-16-19(17,18)13-9-7-6-8-12(13)15-11-10-14(2,3)4/h6-9,15-16H,5,10-11H2,1-4H3. The molecule has 0 fully saturated rings. The summed E-state index contributed by atoms with van der Waals surface area (Å²) in [6, 6.07) is 6.99. The second-order valence-corrected chi connectivity index (χ2v) is 7.47. The first-order valence-corrected chi connectivity index (χ1v) is 8.07. The maximum Gasteiger partial charge on any atom is 0.242 e. The van der Waals surface area contributed by atoms with Crippen LogP contribution in [0.5, 0.6) is 0 Å². The lowest BCUT2D eigenvalue weighted by atomic mass is 9.92. The van der Waals surface area contributed by atoms with Crippen LogP contribution in [0.1, 0.15) is 34.1 Å². The third-order valence-corrected chi connectivity index (χ3v) is 4.31. The predicted molar refractivity (Wildman–Crippen MR) is 79.9 cm³/mol. The average molecular weight is 284 g/mol. The van der Waals surface area contributed by atoms with Crippen LogP contribution < -0.4 is 10.0 Å². The van der Waals surface area contributed by atoms with Gasteiger partial charge in [0, 0.05) is 13.1 Å². The fourth-order valence-corrected chi connectivity index (χ4v) is 2.91. The van der Waals surface area contributed by atoms with Gasteiger partial charge in [-0.25, -0.2) is 13.1 Å². The minimum Gasteiger partial charge on any atom is -0.384 e. The first-order chi connectivity index (χ1) is 8.76. The van der Waals surface area contributed by atoms with Crippen molar-refractivity contribution in [2.45, 2.75) is 39.0 Å². The maximum absolute atomic E-state index is 12.1. The van der Waals surface area contributed by atoms with Crippen molar-refractivity contribution in [3.05, 3.63) is 24.3 Å². The fourth-order valence-electron chi connectivity index (χ4n) is 1.69. The Labute approximate surface area is 116 Å². The Morgan fingerprint density at radius 1 is 1.16 bits per heavy atom. The Morgan fingerprint density at radius 2 is 1.79 bits per heavy atom. The number of nitrogens with one attached hydrogen (secondary N) is 2. The van der Waals surface area contributed by atoms with E-state index < -0.39 is 10.0 Å². The molecule has 2 N–H and O–H groups in total. The first-order valence-electron chi connectivity index (χ1n) is 6.59. The van der Waals surface area contributed by atoms with Gasteiger partial charge >= 0.3 is 0 Å². The summed E-state index contributed by atoms with van der Waals surface area (Å²) in [5, 5.41) is 3.22. The van der Waals surface area contributed by atoms with E-state index in [0.717, 1.165) is 13.0 Å². The number of hydrogen-bond donors (Lipinski definition) is 2. The van der Waals surface area contributed by atoms with Gasteiger partial charge in [0.15, 0.2) is 0 Å². The molecule has 0 aliphatic carbocycles. The van der Waals surface area contributed by atoms with Crippen LogP contribution in [0.2, 0.25) is 0 Å². The zero-order chi connectivity index (χ0) is 14.5. The Morgan fingerprint density at radius 3 is 2.37 bits per heavy atom. The van der Waals surface area contributed by atoms with E-state index in [4.69, 9.17) is 0 Å². The zero-order valence-corrected chi connectivity index (χ0v) is 13.0. The van der Waals surface area contributed by atoms with Crippen molar-refractivity contribution in [2.24, 2.45) is 5.41 Å². The molecule has 0 radical (unpaired) electrons. The highest BCUT2D eigenvalue weighted by Gasteiger charge is 2.17. The van der Waals surface area contributed by atoms with E-state index >= 15 is 0 Å². The van der Waals surface area contributed by atoms with Crippen molar-refractivity contribution in [2.75, 3.05) is 18.4 Å². The van der Waals surface area contributed by atoms with Crippen LogP contribution in [-0.4, -0.2) is 21.5 Å². The lowest BCUT2D eigenvalue weighted by Gasteiger charge is -2.19. The number of benzene rings is 1. The highest BCUT2D eigenvalue weighted by Crippen LogP contribution is 2.22. The van der Waals surface area contributed by atoms with Gasteiger partial charge in [0.1, 0.15) is 4.90 Å². The summed E-state index contributed by atoms with van der Waals surface area (Å²) >= 11 is 0. The number of para-hydroxylation sites is 1. The molecular formula is C14H24N2O2S. The fraction of sp³-hybridized carbons (Fsp3) is 0.571. The van der Waals surface area contributed by atoms with E-state index in [-0.39, 0.29) is 5.41 Å². The largest absolute Gasteiger partial charge is 0.384 e. The van der Waals surface area contributed by atoms with E-state index in [2.05, 4.69) is 30.8 Å². The summed E-state index contributed by atoms with van der Waals surface area (Å²) in [7, 11) is -3.42. The van der Waals surface area contributed by atoms with Crippen molar-refractivity contribution in [3.8, 4) is 0 Å². The van der Waals surface area contributed by atoms with Crippen LogP contribution >= 0.6 is 0 Å². The summed E-state index contributed by atoms with van der Waals surface area (Å²) in [6.45, 7) is 9.40. The van der Waals surface area contributed by atoms with E-state index in [9.17, 15) is 8.42 Å². The van der Waals surface area contributed by atoms with Crippen molar-refractivity contribution in [3.63, 3.8) is 0 Å². The molecule has 0 aliphatic heterocycles. The van der Waals surface area contributed by atoms with E-state index in [0.29, 0.717) is 17.1 Å². The monoisotopic (exact) mass is 284 g/mol. The molecule has 108 valence electrons. The van der Waals surface area contributed by atoms with Gasteiger partial charge in [0.25, 0.3) is 0 Å². The third-order valence-electron chi connectivity index (χ3n) is 2.70. The highest BCUT2D eigenvalue weighted by molar-refractivity contribution is 7.89. The Bertz CT molecular complexity index is 504. The SMILES string of the molecule is CCNS(=O)(=O)c1ccccc1NCCC(C)(C)C. The molecule has 0 amide bonds. The molecule has 4 nitrogen and oxygen atoms in total. The molecule has 0 aromatic heterocycles. The van der Waals surface area contributed by atoms with E-state index in [1.165, 1.54) is 0 Å². The smallest absolute Gasteiger partial charge is 0.242 e. The van der Waals surface area contributed by atoms with Crippen LogP contribution in [0.4, 0.5) is 5.69 Å². The topological polar surface area (TPSA) is 58.2 Å². The molecule has 0 aliphatic rings. The van der Waals surface area contributed by atoms with Crippen LogP contribution in [0, 0.1) is 5.41 Å². The predicted octanol–water partition coefficient (Wildman–Crippen LogP) is 2.83. The van der Waals surface area contributed by atoms with Crippen LogP contribution in [0.3, 0.4) is 0 Å². The number of rotatable bonds is 6. The molecule has 19 heavy (non-hydrogen) atoms. The second kappa shape index (κ2) is 6.39. The highest BCUT2D eigenvalue weighted by atomic mass is 32.2. The van der Waals surface area contributed by atoms with Gasteiger partial charge in [-0.05, 0) is 24.0 Å². The quantitative estimate of drug-likeness (QED) is 0.844. The Balaban J connectivity index is 2.85. The van der Waals surface area contributed by atoms with Gasteiger partial charge < -0.3 is 5.32 Å². The van der Waals surface area contributed by atoms with Gasteiger partial charge in [0.2, 0.25) is 10.0 Å². The van der Waals surface area contributed by atoms with Crippen LogP contribution in [0.15, 0.2) is 29.2 Å². The number of sulfonamides is 1. The zero-order valence-electron chi connectivity index (χ0n) is 12.2. The number of hydrogen-bond acceptors (Lipinski definition) is 3. The molecule has 0 saturated carbocycles. The molecule has 5 heteroatoms. The van der Waals surface area contributed by atoms with Crippen molar-refractivity contribution in [1.29, 1.82) is 0 Å². The third kappa shape index (κ3) is 5.20. The van der Waals surface area contributed by atoms with Gasteiger partial charge in [-0.3, -0.25) is 0 Å². The normalized spacial score (nSPS) is 12.4. The summed E-state index contributed by atoms with van der Waals surface area (Å²) in [4.78, 5) is 0.311. The van der Waals surface area contributed by atoms with Crippen LogP contribution in [-0.2, 0) is 10.0 Å². The minimum absolute atomic E-state index is 0.225. The van der Waals surface area contributed by atoms with E-state index in [1.807, 2.05) is 6.07 Å². The van der Waals surface area contributed by atoms with E-state index in [1.54, 1.807) is 25.1 Å². The molecule has 0 unspecified atom stereocenters. The summed E-state index contributed by atoms with van der Waals surface area (Å²) in [6.07, 6.45) is 0.975. The van der Waals surface area contributed by atoms with Crippen molar-refractivity contribution >= 4 is 15.7 Å². The number of anilines is 1. The van der Waals surface area contributed by atoms with Gasteiger partial charge in [0.05, 0.1) is 5.69 Å². The molecule has 0 heterocycles. The van der Waals surface area contributed by atoms with Gasteiger partial charge in [-0.15, -0.1) is 0 Å². The van der Waals surface area contributed by atoms with Crippen molar-refractivity contribution in [1.82, 2.24) is 4.72 Å². The molecule has 0 atom stereocenters. The lowest BCUT2D eigenvalue weighted by Crippen LogP contribution is -2.24. The molecule has 0 saturated heterocycles. The maximum atomic E-state index is 12.1. The summed E-state index contributed by atoms with van der Waals surface area (Å²) in [5.74, 6) is 0. The molecule has 1 aromatic rings. The summed E-state index contributed by atoms with van der Waals surface area (Å²) < 4.78 is 26.6. The Kier molecular flexibility index (Phi) is 5.38. The Hall–Kier alpha value is -1.07. The molecule has 0 bridgehead atoms. The molecular weight excluding hydrogens is 260 g/mol. The van der Waals surface area contributed by atoms with Gasteiger partial charge in [-0.2, -0.15) is 0 Å². The minimum atomic E-state index is -3.42. The van der Waals surface area contributed by atoms with Crippen LogP contribution in [0.25, 0.3) is 0 Å². The average Bonchev–Trinajstić information content (AvgIpc) is 2.27. The second-order valence-electron chi connectivity index (χ2n) is 5.73. The molecule has 0 spiro atoms. The molecule has 1 rings (SSSR count). The first kappa shape index (κ1) is 16.0.